The number of halogens is 2. The minimum Gasteiger partial charge on any atom is -0.314 e. The Morgan fingerprint density at radius 2 is 2.05 bits per heavy atom. The summed E-state index contributed by atoms with van der Waals surface area (Å²) in [6.45, 7) is 3.21. The second-order valence-electron chi connectivity index (χ2n) is 5.50. The molecule has 2 unspecified atom stereocenters. The fraction of sp³-hybridized carbons (Fsp3) is 0.625. The van der Waals surface area contributed by atoms with E-state index >= 15 is 0 Å². The molecule has 0 aromatic heterocycles. The molecule has 0 amide bonds. The van der Waals surface area contributed by atoms with E-state index in [1.54, 1.807) is 12.1 Å². The molecule has 3 heteroatoms. The van der Waals surface area contributed by atoms with Crippen molar-refractivity contribution in [3.63, 3.8) is 0 Å². The average Bonchev–Trinajstić information content (AvgIpc) is 2.59. The lowest BCUT2D eigenvalue weighted by Gasteiger charge is -2.26. The van der Waals surface area contributed by atoms with Crippen molar-refractivity contribution >= 4 is 15.9 Å². The summed E-state index contributed by atoms with van der Waals surface area (Å²) in [4.78, 5) is 0. The minimum absolute atomic E-state index is 0.167. The first-order chi connectivity index (χ1) is 9.20. The van der Waals surface area contributed by atoms with Gasteiger partial charge in [-0.3, -0.25) is 0 Å². The molecule has 0 bridgehead atoms. The summed E-state index contributed by atoms with van der Waals surface area (Å²) in [5.41, 5.74) is 1.23. The molecule has 19 heavy (non-hydrogen) atoms. The summed E-state index contributed by atoms with van der Waals surface area (Å²) in [7, 11) is 0. The van der Waals surface area contributed by atoms with Crippen LogP contribution in [-0.2, 0) is 6.42 Å². The zero-order valence-corrected chi connectivity index (χ0v) is 13.2. The Labute approximate surface area is 124 Å². The Kier molecular flexibility index (Phi) is 5.83. The molecule has 0 aliphatic heterocycles. The topological polar surface area (TPSA) is 12.0 Å². The molecule has 106 valence electrons. The van der Waals surface area contributed by atoms with E-state index in [9.17, 15) is 4.39 Å². The third-order valence-corrected chi connectivity index (χ3v) is 4.86. The van der Waals surface area contributed by atoms with E-state index in [2.05, 4.69) is 28.2 Å². The maximum absolute atomic E-state index is 13.1. The van der Waals surface area contributed by atoms with Gasteiger partial charge in [0, 0.05) is 10.5 Å². The van der Waals surface area contributed by atoms with Crippen LogP contribution >= 0.6 is 15.9 Å². The molecular formula is C16H23BrFN. The van der Waals surface area contributed by atoms with Gasteiger partial charge in [0.25, 0.3) is 0 Å². The molecule has 1 aromatic carbocycles. The Balaban J connectivity index is 2.09. The molecule has 0 radical (unpaired) electrons. The highest BCUT2D eigenvalue weighted by Gasteiger charge is 2.23. The van der Waals surface area contributed by atoms with Crippen molar-refractivity contribution in [3.8, 4) is 0 Å². The van der Waals surface area contributed by atoms with Crippen LogP contribution in [0.5, 0.6) is 0 Å². The van der Waals surface area contributed by atoms with Crippen molar-refractivity contribution < 1.29 is 4.39 Å². The van der Waals surface area contributed by atoms with E-state index in [1.807, 2.05) is 6.07 Å². The van der Waals surface area contributed by atoms with Gasteiger partial charge in [-0.2, -0.15) is 0 Å². The van der Waals surface area contributed by atoms with E-state index in [0.717, 1.165) is 17.4 Å². The van der Waals surface area contributed by atoms with E-state index in [0.29, 0.717) is 12.0 Å². The van der Waals surface area contributed by atoms with Gasteiger partial charge in [-0.25, -0.2) is 4.39 Å². The van der Waals surface area contributed by atoms with Gasteiger partial charge in [-0.1, -0.05) is 48.2 Å². The molecule has 0 spiro atoms. The van der Waals surface area contributed by atoms with Crippen LogP contribution in [0.4, 0.5) is 4.39 Å². The first kappa shape index (κ1) is 15.0. The molecule has 0 saturated heterocycles. The fourth-order valence-electron chi connectivity index (χ4n) is 3.13. The molecule has 1 aromatic rings. The summed E-state index contributed by atoms with van der Waals surface area (Å²) in [5.74, 6) is 0.504. The summed E-state index contributed by atoms with van der Waals surface area (Å²) in [6.07, 6.45) is 7.60. The molecule has 1 aliphatic carbocycles. The number of hydrogen-bond acceptors (Lipinski definition) is 1. The average molecular weight is 328 g/mol. The molecule has 2 atom stereocenters. The maximum atomic E-state index is 13.1. The number of hydrogen-bond donors (Lipinski definition) is 1. The van der Waals surface area contributed by atoms with Crippen LogP contribution in [0.1, 0.15) is 44.6 Å². The highest BCUT2D eigenvalue weighted by atomic mass is 79.9. The second kappa shape index (κ2) is 7.39. The normalized spacial score (nSPS) is 24.2. The van der Waals surface area contributed by atoms with Crippen LogP contribution in [-0.4, -0.2) is 12.6 Å². The summed E-state index contributed by atoms with van der Waals surface area (Å²) in [5, 5.41) is 3.64. The van der Waals surface area contributed by atoms with Gasteiger partial charge in [0.05, 0.1) is 0 Å². The van der Waals surface area contributed by atoms with Crippen molar-refractivity contribution in [2.45, 2.75) is 51.5 Å². The van der Waals surface area contributed by atoms with Crippen molar-refractivity contribution in [3.05, 3.63) is 34.1 Å². The van der Waals surface area contributed by atoms with Crippen LogP contribution < -0.4 is 5.32 Å². The van der Waals surface area contributed by atoms with Gasteiger partial charge in [-0.05, 0) is 49.4 Å². The van der Waals surface area contributed by atoms with Gasteiger partial charge in [-0.15, -0.1) is 0 Å². The monoisotopic (exact) mass is 327 g/mol. The summed E-state index contributed by atoms with van der Waals surface area (Å²) in [6, 6.07) is 5.69. The Bertz CT molecular complexity index is 408. The third-order valence-electron chi connectivity index (χ3n) is 4.12. The predicted molar refractivity (Wildman–Crippen MR) is 81.8 cm³/mol. The van der Waals surface area contributed by atoms with E-state index in [-0.39, 0.29) is 5.82 Å². The molecule has 1 nitrogen and oxygen atoms in total. The van der Waals surface area contributed by atoms with Crippen LogP contribution in [0.2, 0.25) is 0 Å². The quantitative estimate of drug-likeness (QED) is 0.791. The van der Waals surface area contributed by atoms with Crippen molar-refractivity contribution in [2.24, 2.45) is 5.92 Å². The third kappa shape index (κ3) is 4.28. The molecule has 1 saturated carbocycles. The predicted octanol–water partition coefficient (Wildman–Crippen LogP) is 4.69. The number of nitrogens with one attached hydrogen (secondary N) is 1. The van der Waals surface area contributed by atoms with Crippen molar-refractivity contribution in [2.75, 3.05) is 6.54 Å². The van der Waals surface area contributed by atoms with E-state index in [1.165, 1.54) is 37.7 Å². The first-order valence-electron chi connectivity index (χ1n) is 7.38. The van der Waals surface area contributed by atoms with Crippen molar-refractivity contribution in [1.29, 1.82) is 0 Å². The van der Waals surface area contributed by atoms with Crippen LogP contribution in [0, 0.1) is 11.7 Å². The van der Waals surface area contributed by atoms with Gasteiger partial charge in [0.1, 0.15) is 5.82 Å². The number of benzene rings is 1. The minimum atomic E-state index is -0.167. The maximum Gasteiger partial charge on any atom is 0.124 e. The SMILES string of the molecule is CCNC1CCCCCC1Cc1ccc(F)cc1Br. The Hall–Kier alpha value is -0.410. The largest absolute Gasteiger partial charge is 0.314 e. The highest BCUT2D eigenvalue weighted by Crippen LogP contribution is 2.29. The lowest BCUT2D eigenvalue weighted by Crippen LogP contribution is -2.36. The Morgan fingerprint density at radius 1 is 1.26 bits per heavy atom. The molecule has 1 aliphatic rings. The lowest BCUT2D eigenvalue weighted by molar-refractivity contribution is 0.337. The van der Waals surface area contributed by atoms with Crippen LogP contribution in [0.25, 0.3) is 0 Å². The summed E-state index contributed by atoms with van der Waals surface area (Å²) < 4.78 is 14.1. The van der Waals surface area contributed by atoms with Gasteiger partial charge >= 0.3 is 0 Å². The fourth-order valence-corrected chi connectivity index (χ4v) is 3.64. The molecule has 1 N–H and O–H groups in total. The van der Waals surface area contributed by atoms with Gasteiger partial charge < -0.3 is 5.32 Å². The second-order valence-corrected chi connectivity index (χ2v) is 6.36. The molecule has 2 rings (SSSR count). The molecular weight excluding hydrogens is 305 g/mol. The lowest BCUT2D eigenvalue weighted by atomic mass is 9.88. The van der Waals surface area contributed by atoms with Crippen LogP contribution in [0.15, 0.2) is 22.7 Å². The summed E-state index contributed by atoms with van der Waals surface area (Å²) >= 11 is 3.49. The van der Waals surface area contributed by atoms with E-state index in [4.69, 9.17) is 0 Å². The molecule has 0 heterocycles. The van der Waals surface area contributed by atoms with E-state index < -0.39 is 0 Å². The van der Waals surface area contributed by atoms with Gasteiger partial charge in [0.15, 0.2) is 0 Å². The molecule has 1 fully saturated rings. The number of rotatable bonds is 4. The van der Waals surface area contributed by atoms with Gasteiger partial charge in [0.2, 0.25) is 0 Å². The first-order valence-corrected chi connectivity index (χ1v) is 8.17. The van der Waals surface area contributed by atoms with Crippen LogP contribution in [0.3, 0.4) is 0 Å². The van der Waals surface area contributed by atoms with Crippen molar-refractivity contribution in [1.82, 2.24) is 5.32 Å². The standard InChI is InChI=1S/C16H23BrFN/c1-2-19-16-7-5-3-4-6-13(16)10-12-8-9-14(18)11-15(12)17/h8-9,11,13,16,19H,2-7,10H2,1H3. The Morgan fingerprint density at radius 3 is 2.79 bits per heavy atom. The zero-order chi connectivity index (χ0) is 13.7. The highest BCUT2D eigenvalue weighted by molar-refractivity contribution is 9.10. The zero-order valence-electron chi connectivity index (χ0n) is 11.6. The smallest absolute Gasteiger partial charge is 0.124 e.